The first-order valence-electron chi connectivity index (χ1n) is 7.91. The quantitative estimate of drug-likeness (QED) is 0.899. The molecule has 5 nitrogen and oxygen atoms in total. The maximum Gasteiger partial charge on any atom is 0.405 e. The summed E-state index contributed by atoms with van der Waals surface area (Å²) in [6.07, 6.45) is -2.55. The van der Waals surface area contributed by atoms with Crippen LogP contribution in [0.15, 0.2) is 24.3 Å². The lowest BCUT2D eigenvalue weighted by Crippen LogP contribution is -2.44. The number of para-hydroxylation sites is 2. The molecule has 1 aliphatic heterocycles. The molecule has 1 aliphatic rings. The van der Waals surface area contributed by atoms with Crippen LogP contribution in [-0.2, 0) is 4.79 Å². The van der Waals surface area contributed by atoms with Crippen LogP contribution < -0.4 is 5.32 Å². The van der Waals surface area contributed by atoms with E-state index in [-0.39, 0.29) is 12.5 Å². The van der Waals surface area contributed by atoms with Gasteiger partial charge in [-0.2, -0.15) is 13.2 Å². The van der Waals surface area contributed by atoms with Crippen LogP contribution in [0.5, 0.6) is 0 Å². The zero-order chi connectivity index (χ0) is 17.2. The van der Waals surface area contributed by atoms with Crippen molar-refractivity contribution in [2.24, 2.45) is 0 Å². The Balaban J connectivity index is 1.59. The van der Waals surface area contributed by atoms with E-state index in [1.807, 2.05) is 34.5 Å². The highest BCUT2D eigenvalue weighted by Gasteiger charge is 2.29. The van der Waals surface area contributed by atoms with Crippen LogP contribution in [0.25, 0.3) is 11.0 Å². The van der Waals surface area contributed by atoms with Crippen molar-refractivity contribution in [1.82, 2.24) is 20.2 Å². The average Bonchev–Trinajstić information content (AvgIpc) is 2.97. The zero-order valence-corrected chi connectivity index (χ0v) is 13.1. The molecule has 2 heterocycles. The van der Waals surface area contributed by atoms with E-state index in [1.54, 1.807) is 0 Å². The highest BCUT2D eigenvalue weighted by molar-refractivity contribution is 5.78. The number of rotatable bonds is 4. The Bertz CT molecular complexity index is 680. The lowest BCUT2D eigenvalue weighted by Gasteiger charge is -2.31. The first-order chi connectivity index (χ1) is 11.4. The number of carbonyl (C=O) groups is 1. The third-order valence-electron chi connectivity index (χ3n) is 4.15. The number of nitrogens with zero attached hydrogens (tertiary/aromatic N) is 2. The van der Waals surface area contributed by atoms with Gasteiger partial charge in [-0.3, -0.25) is 9.69 Å². The Kier molecular flexibility index (Phi) is 4.75. The summed E-state index contributed by atoms with van der Waals surface area (Å²) in [5.74, 6) is 0.427. The predicted molar refractivity (Wildman–Crippen MR) is 83.6 cm³/mol. The molecule has 0 unspecified atom stereocenters. The molecule has 1 saturated heterocycles. The van der Waals surface area contributed by atoms with Gasteiger partial charge < -0.3 is 10.3 Å². The minimum absolute atomic E-state index is 0.0210. The molecule has 2 N–H and O–H groups in total. The van der Waals surface area contributed by atoms with Crippen LogP contribution in [0.2, 0.25) is 0 Å². The molecular formula is C16H19F3N4O. The number of H-pyrrole nitrogens is 1. The summed E-state index contributed by atoms with van der Waals surface area (Å²) < 4.78 is 36.4. The number of fused-ring (bicyclic) bond motifs is 1. The number of amides is 1. The number of benzene rings is 1. The number of likely N-dealkylation sites (tertiary alicyclic amines) is 1. The Labute approximate surface area is 137 Å². The van der Waals surface area contributed by atoms with E-state index in [2.05, 4.69) is 9.97 Å². The van der Waals surface area contributed by atoms with Gasteiger partial charge in [0.1, 0.15) is 12.4 Å². The first kappa shape index (κ1) is 16.8. The van der Waals surface area contributed by atoms with E-state index in [1.165, 1.54) is 0 Å². The zero-order valence-electron chi connectivity index (χ0n) is 13.1. The van der Waals surface area contributed by atoms with Crippen molar-refractivity contribution in [3.63, 3.8) is 0 Å². The molecule has 2 aromatic rings. The Morgan fingerprint density at radius 3 is 2.92 bits per heavy atom. The standard InChI is InChI=1S/C16H19F3N4O/c17-16(18,19)10-20-14(24)9-23-7-3-4-11(8-23)15-21-12-5-1-2-6-13(12)22-15/h1-2,5-6,11H,3-4,7-10H2,(H,20,24)(H,21,22)/t11-/m1/s1. The summed E-state index contributed by atoms with van der Waals surface area (Å²) >= 11 is 0. The van der Waals surface area contributed by atoms with Crippen LogP contribution in [0, 0.1) is 0 Å². The fourth-order valence-electron chi connectivity index (χ4n) is 3.05. The van der Waals surface area contributed by atoms with Gasteiger partial charge in [-0.15, -0.1) is 0 Å². The third kappa shape index (κ3) is 4.25. The molecular weight excluding hydrogens is 321 g/mol. The number of halogens is 3. The van der Waals surface area contributed by atoms with Crippen LogP contribution in [0.1, 0.15) is 24.6 Å². The van der Waals surface area contributed by atoms with E-state index in [0.717, 1.165) is 29.7 Å². The van der Waals surface area contributed by atoms with Gasteiger partial charge in [0, 0.05) is 12.5 Å². The van der Waals surface area contributed by atoms with E-state index in [4.69, 9.17) is 0 Å². The maximum atomic E-state index is 12.1. The summed E-state index contributed by atoms with van der Waals surface area (Å²) in [5, 5.41) is 1.92. The first-order valence-corrected chi connectivity index (χ1v) is 7.91. The number of hydrogen-bond acceptors (Lipinski definition) is 3. The number of hydrogen-bond donors (Lipinski definition) is 2. The molecule has 130 valence electrons. The summed E-state index contributed by atoms with van der Waals surface area (Å²) in [6, 6.07) is 7.74. The molecule has 3 rings (SSSR count). The largest absolute Gasteiger partial charge is 0.405 e. The fourth-order valence-corrected chi connectivity index (χ4v) is 3.05. The van der Waals surface area contributed by atoms with E-state index in [0.29, 0.717) is 13.1 Å². The summed E-state index contributed by atoms with van der Waals surface area (Å²) in [6.45, 7) is 0.00884. The molecule has 8 heteroatoms. The second-order valence-corrected chi connectivity index (χ2v) is 6.11. The Morgan fingerprint density at radius 2 is 2.17 bits per heavy atom. The number of carbonyl (C=O) groups excluding carboxylic acids is 1. The molecule has 0 bridgehead atoms. The second-order valence-electron chi connectivity index (χ2n) is 6.11. The monoisotopic (exact) mass is 340 g/mol. The van der Waals surface area contributed by atoms with E-state index in [9.17, 15) is 18.0 Å². The normalized spacial score (nSPS) is 19.5. The van der Waals surface area contributed by atoms with Gasteiger partial charge in [0.2, 0.25) is 5.91 Å². The van der Waals surface area contributed by atoms with Gasteiger partial charge in [0.25, 0.3) is 0 Å². The second kappa shape index (κ2) is 6.80. The van der Waals surface area contributed by atoms with Gasteiger partial charge in [0.15, 0.2) is 0 Å². The highest BCUT2D eigenvalue weighted by atomic mass is 19.4. The van der Waals surface area contributed by atoms with Crippen molar-refractivity contribution in [3.05, 3.63) is 30.1 Å². The molecule has 0 radical (unpaired) electrons. The number of alkyl halides is 3. The lowest BCUT2D eigenvalue weighted by molar-refractivity contribution is -0.139. The predicted octanol–water partition coefficient (Wildman–Crippen LogP) is 2.42. The number of aromatic nitrogens is 2. The van der Waals surface area contributed by atoms with Gasteiger partial charge in [0.05, 0.1) is 17.6 Å². The molecule has 1 aromatic heterocycles. The van der Waals surface area contributed by atoms with Crippen molar-refractivity contribution in [1.29, 1.82) is 0 Å². The lowest BCUT2D eigenvalue weighted by atomic mass is 9.97. The number of imidazole rings is 1. The molecule has 0 spiro atoms. The molecule has 0 aliphatic carbocycles. The van der Waals surface area contributed by atoms with Gasteiger partial charge >= 0.3 is 6.18 Å². The van der Waals surface area contributed by atoms with E-state index < -0.39 is 18.6 Å². The maximum absolute atomic E-state index is 12.1. The SMILES string of the molecule is O=C(CN1CCC[C@@H](c2nc3ccccc3[nH]2)C1)NCC(F)(F)F. The smallest absolute Gasteiger partial charge is 0.346 e. The fraction of sp³-hybridized carbons (Fsp3) is 0.500. The van der Waals surface area contributed by atoms with Crippen molar-refractivity contribution in [2.75, 3.05) is 26.2 Å². The molecule has 24 heavy (non-hydrogen) atoms. The van der Waals surface area contributed by atoms with Gasteiger partial charge in [-0.05, 0) is 31.5 Å². The minimum atomic E-state index is -4.38. The molecule has 0 saturated carbocycles. The van der Waals surface area contributed by atoms with Crippen molar-refractivity contribution in [3.8, 4) is 0 Å². The number of nitrogens with one attached hydrogen (secondary N) is 2. The Morgan fingerprint density at radius 1 is 1.38 bits per heavy atom. The van der Waals surface area contributed by atoms with Crippen LogP contribution >= 0.6 is 0 Å². The van der Waals surface area contributed by atoms with Crippen LogP contribution in [0.3, 0.4) is 0 Å². The van der Waals surface area contributed by atoms with Gasteiger partial charge in [-0.1, -0.05) is 12.1 Å². The van der Waals surface area contributed by atoms with Crippen molar-refractivity contribution >= 4 is 16.9 Å². The summed E-state index contributed by atoms with van der Waals surface area (Å²) in [7, 11) is 0. The minimum Gasteiger partial charge on any atom is -0.346 e. The summed E-state index contributed by atoms with van der Waals surface area (Å²) in [5.41, 5.74) is 1.86. The van der Waals surface area contributed by atoms with Gasteiger partial charge in [-0.25, -0.2) is 4.98 Å². The number of piperidine rings is 1. The van der Waals surface area contributed by atoms with Crippen LogP contribution in [-0.4, -0.2) is 53.1 Å². The topological polar surface area (TPSA) is 61.0 Å². The van der Waals surface area contributed by atoms with Crippen molar-refractivity contribution < 1.29 is 18.0 Å². The Hall–Kier alpha value is -2.09. The number of aromatic amines is 1. The molecule has 1 atom stereocenters. The van der Waals surface area contributed by atoms with E-state index >= 15 is 0 Å². The molecule has 1 fully saturated rings. The third-order valence-corrected chi connectivity index (χ3v) is 4.15. The van der Waals surface area contributed by atoms with Crippen LogP contribution in [0.4, 0.5) is 13.2 Å². The van der Waals surface area contributed by atoms with Crippen molar-refractivity contribution in [2.45, 2.75) is 24.9 Å². The molecule has 1 amide bonds. The average molecular weight is 340 g/mol. The summed E-state index contributed by atoms with van der Waals surface area (Å²) in [4.78, 5) is 21.4. The highest BCUT2D eigenvalue weighted by Crippen LogP contribution is 2.26. The molecule has 1 aromatic carbocycles.